The van der Waals surface area contributed by atoms with E-state index in [-0.39, 0.29) is 6.04 Å². The first-order chi connectivity index (χ1) is 9.84. The molecule has 1 aromatic heterocycles. The van der Waals surface area contributed by atoms with Crippen molar-refractivity contribution in [2.75, 3.05) is 11.9 Å². The van der Waals surface area contributed by atoms with E-state index in [4.69, 9.17) is 5.73 Å². The molecule has 1 unspecified atom stereocenters. The molecule has 0 bridgehead atoms. The van der Waals surface area contributed by atoms with Crippen LogP contribution in [0.4, 0.5) is 5.00 Å². The summed E-state index contributed by atoms with van der Waals surface area (Å²) >= 11 is 1.51. The highest BCUT2D eigenvalue weighted by molar-refractivity contribution is 7.11. The number of hydrogen-bond acceptors (Lipinski definition) is 4. The van der Waals surface area contributed by atoms with Crippen molar-refractivity contribution in [2.45, 2.75) is 12.5 Å². The average molecular weight is 283 g/mol. The molecule has 0 aliphatic rings. The first kappa shape index (κ1) is 13.1. The summed E-state index contributed by atoms with van der Waals surface area (Å²) in [4.78, 5) is 0. The number of nitrogens with one attached hydrogen (secondary N) is 1. The number of anilines is 1. The third kappa shape index (κ3) is 2.81. The fraction of sp³-hybridized carbons (Fsp3) is 0.188. The second kappa shape index (κ2) is 6.03. The Kier molecular flexibility index (Phi) is 3.95. The van der Waals surface area contributed by atoms with E-state index in [1.54, 1.807) is 0 Å². The standard InChI is InChI=1S/C16H17N3S/c17-14(12-6-2-1-3-7-12)10-11-18-16-13-8-4-5-9-15(13)19-20-16/h1-9,14,18H,10-11,17H2. The first-order valence-electron chi connectivity index (χ1n) is 6.73. The molecule has 4 heteroatoms. The zero-order valence-corrected chi connectivity index (χ0v) is 11.9. The van der Waals surface area contributed by atoms with Gasteiger partial charge in [-0.2, -0.15) is 4.37 Å². The Morgan fingerprint density at radius 2 is 1.80 bits per heavy atom. The predicted molar refractivity (Wildman–Crippen MR) is 86.1 cm³/mol. The van der Waals surface area contributed by atoms with E-state index in [1.165, 1.54) is 22.5 Å². The van der Waals surface area contributed by atoms with Crippen molar-refractivity contribution >= 4 is 27.4 Å². The Hall–Kier alpha value is -1.91. The molecule has 0 fully saturated rings. The van der Waals surface area contributed by atoms with Gasteiger partial charge in [0.25, 0.3) is 0 Å². The molecule has 102 valence electrons. The summed E-state index contributed by atoms with van der Waals surface area (Å²) in [7, 11) is 0. The van der Waals surface area contributed by atoms with Gasteiger partial charge in [0.15, 0.2) is 0 Å². The average Bonchev–Trinajstić information content (AvgIpc) is 2.92. The Bertz CT molecular complexity index is 678. The number of benzene rings is 2. The molecule has 3 N–H and O–H groups in total. The maximum absolute atomic E-state index is 6.19. The largest absolute Gasteiger partial charge is 0.375 e. The van der Waals surface area contributed by atoms with Crippen molar-refractivity contribution < 1.29 is 0 Å². The lowest BCUT2D eigenvalue weighted by Gasteiger charge is -2.12. The Morgan fingerprint density at radius 3 is 2.65 bits per heavy atom. The smallest absolute Gasteiger partial charge is 0.117 e. The van der Waals surface area contributed by atoms with Crippen LogP contribution in [0.15, 0.2) is 54.6 Å². The third-order valence-electron chi connectivity index (χ3n) is 3.35. The van der Waals surface area contributed by atoms with Gasteiger partial charge in [0.05, 0.1) is 5.52 Å². The highest BCUT2D eigenvalue weighted by Crippen LogP contribution is 2.27. The van der Waals surface area contributed by atoms with Gasteiger partial charge >= 0.3 is 0 Å². The summed E-state index contributed by atoms with van der Waals surface area (Å²) in [5, 5.41) is 5.76. The van der Waals surface area contributed by atoms with Gasteiger partial charge in [0.1, 0.15) is 5.00 Å². The van der Waals surface area contributed by atoms with Crippen LogP contribution in [0, 0.1) is 0 Å². The lowest BCUT2D eigenvalue weighted by Crippen LogP contribution is -2.14. The van der Waals surface area contributed by atoms with Crippen molar-refractivity contribution in [3.05, 3.63) is 60.2 Å². The molecular formula is C16H17N3S. The molecule has 1 atom stereocenters. The summed E-state index contributed by atoms with van der Waals surface area (Å²) in [5.74, 6) is 0. The summed E-state index contributed by atoms with van der Waals surface area (Å²) in [6.07, 6.45) is 0.899. The third-order valence-corrected chi connectivity index (χ3v) is 4.19. The molecule has 20 heavy (non-hydrogen) atoms. The highest BCUT2D eigenvalue weighted by atomic mass is 32.1. The van der Waals surface area contributed by atoms with Gasteiger partial charge in [0.2, 0.25) is 0 Å². The molecule has 2 aromatic carbocycles. The fourth-order valence-electron chi connectivity index (χ4n) is 2.22. The zero-order valence-electron chi connectivity index (χ0n) is 11.1. The Balaban J connectivity index is 1.60. The maximum atomic E-state index is 6.19. The molecule has 0 saturated heterocycles. The van der Waals surface area contributed by atoms with Gasteiger partial charge in [-0.1, -0.05) is 42.5 Å². The van der Waals surface area contributed by atoms with Crippen LogP contribution in [-0.2, 0) is 0 Å². The molecule has 3 aromatic rings. The van der Waals surface area contributed by atoms with Gasteiger partial charge in [-0.3, -0.25) is 0 Å². The second-order valence-electron chi connectivity index (χ2n) is 4.76. The number of fused-ring (bicyclic) bond motifs is 1. The molecule has 0 radical (unpaired) electrons. The summed E-state index contributed by atoms with van der Waals surface area (Å²) < 4.78 is 4.42. The number of rotatable bonds is 5. The number of nitrogens with two attached hydrogens (primary N) is 1. The zero-order chi connectivity index (χ0) is 13.8. The van der Waals surface area contributed by atoms with Crippen LogP contribution in [-0.4, -0.2) is 10.9 Å². The number of nitrogens with zero attached hydrogens (tertiary/aromatic N) is 1. The van der Waals surface area contributed by atoms with E-state index in [0.29, 0.717) is 0 Å². The van der Waals surface area contributed by atoms with E-state index in [0.717, 1.165) is 23.5 Å². The number of aromatic nitrogens is 1. The molecule has 0 saturated carbocycles. The molecular weight excluding hydrogens is 266 g/mol. The molecule has 0 spiro atoms. The topological polar surface area (TPSA) is 50.9 Å². The van der Waals surface area contributed by atoms with E-state index in [1.807, 2.05) is 36.4 Å². The van der Waals surface area contributed by atoms with Gasteiger partial charge in [-0.25, -0.2) is 0 Å². The summed E-state index contributed by atoms with van der Waals surface area (Å²) in [6, 6.07) is 18.5. The van der Waals surface area contributed by atoms with Crippen LogP contribution < -0.4 is 11.1 Å². The molecule has 3 nitrogen and oxygen atoms in total. The van der Waals surface area contributed by atoms with Crippen LogP contribution in [0.3, 0.4) is 0 Å². The lowest BCUT2D eigenvalue weighted by molar-refractivity contribution is 0.676. The van der Waals surface area contributed by atoms with E-state index < -0.39 is 0 Å². The van der Waals surface area contributed by atoms with Crippen LogP contribution >= 0.6 is 11.5 Å². The normalized spacial score (nSPS) is 12.4. The fourth-order valence-corrected chi connectivity index (χ4v) is 3.01. The van der Waals surface area contributed by atoms with E-state index in [2.05, 4.69) is 27.9 Å². The van der Waals surface area contributed by atoms with Crippen LogP contribution in [0.1, 0.15) is 18.0 Å². The molecule has 0 aliphatic heterocycles. The van der Waals surface area contributed by atoms with Gasteiger partial charge in [-0.15, -0.1) is 0 Å². The quantitative estimate of drug-likeness (QED) is 0.749. The van der Waals surface area contributed by atoms with Crippen LogP contribution in [0.2, 0.25) is 0 Å². The molecule has 0 amide bonds. The van der Waals surface area contributed by atoms with Crippen molar-refractivity contribution in [1.82, 2.24) is 4.37 Å². The minimum atomic E-state index is 0.0721. The van der Waals surface area contributed by atoms with Crippen LogP contribution in [0.25, 0.3) is 10.9 Å². The second-order valence-corrected chi connectivity index (χ2v) is 5.53. The molecule has 3 rings (SSSR count). The minimum absolute atomic E-state index is 0.0721. The highest BCUT2D eigenvalue weighted by Gasteiger charge is 2.07. The summed E-state index contributed by atoms with van der Waals surface area (Å²) in [5.41, 5.74) is 8.43. The van der Waals surface area contributed by atoms with Crippen molar-refractivity contribution in [3.63, 3.8) is 0 Å². The van der Waals surface area contributed by atoms with Crippen molar-refractivity contribution in [1.29, 1.82) is 0 Å². The SMILES string of the molecule is NC(CCNc1snc2ccccc12)c1ccccc1. The van der Waals surface area contributed by atoms with Crippen molar-refractivity contribution in [3.8, 4) is 0 Å². The maximum Gasteiger partial charge on any atom is 0.117 e. The van der Waals surface area contributed by atoms with Crippen molar-refractivity contribution in [2.24, 2.45) is 5.73 Å². The first-order valence-corrected chi connectivity index (χ1v) is 7.51. The number of hydrogen-bond donors (Lipinski definition) is 2. The Morgan fingerprint density at radius 1 is 1.05 bits per heavy atom. The van der Waals surface area contributed by atoms with Gasteiger partial charge in [0, 0.05) is 18.0 Å². The predicted octanol–water partition coefficient (Wildman–Crippen LogP) is 3.80. The molecule has 0 aliphatic carbocycles. The lowest BCUT2D eigenvalue weighted by atomic mass is 10.1. The van der Waals surface area contributed by atoms with E-state index >= 15 is 0 Å². The monoisotopic (exact) mass is 283 g/mol. The van der Waals surface area contributed by atoms with Crippen LogP contribution in [0.5, 0.6) is 0 Å². The summed E-state index contributed by atoms with van der Waals surface area (Å²) in [6.45, 7) is 0.849. The van der Waals surface area contributed by atoms with Gasteiger partial charge < -0.3 is 11.1 Å². The molecule has 1 heterocycles. The Labute approximate surface area is 122 Å². The van der Waals surface area contributed by atoms with Gasteiger partial charge in [-0.05, 0) is 35.6 Å². The minimum Gasteiger partial charge on any atom is -0.375 e. The van der Waals surface area contributed by atoms with E-state index in [9.17, 15) is 0 Å².